The van der Waals surface area contributed by atoms with Gasteiger partial charge in [-0.3, -0.25) is 9.59 Å². The zero-order valence-electron chi connectivity index (χ0n) is 21.9. The molecule has 0 aliphatic carbocycles. The number of hydrogen-bond donors (Lipinski definition) is 2. The summed E-state index contributed by atoms with van der Waals surface area (Å²) in [6, 6.07) is 15.4. The molecule has 3 aliphatic heterocycles. The highest BCUT2D eigenvalue weighted by Gasteiger charge is 2.38. The number of rotatable bonds is 5. The fraction of sp³-hybridized carbons (Fsp3) is 0.345. The molecule has 9 nitrogen and oxygen atoms in total. The number of pyridine rings is 1. The number of para-hydroxylation sites is 1. The monoisotopic (exact) mass is 512 g/mol. The second-order valence-electron chi connectivity index (χ2n) is 10.1. The van der Waals surface area contributed by atoms with Crippen molar-refractivity contribution in [1.82, 2.24) is 15.2 Å². The molecular weight excluding hydrogens is 480 g/mol. The molecule has 0 unspecified atom stereocenters. The van der Waals surface area contributed by atoms with E-state index in [1.807, 2.05) is 72.3 Å². The molecular formula is C29H32N6O3. The van der Waals surface area contributed by atoms with Gasteiger partial charge < -0.3 is 30.1 Å². The molecule has 2 fully saturated rings. The Hall–Kier alpha value is -4.11. The first kappa shape index (κ1) is 24.2. The number of amides is 2. The topological polar surface area (TPSA) is 90.0 Å². The first-order chi connectivity index (χ1) is 18.4. The Morgan fingerprint density at radius 1 is 1.08 bits per heavy atom. The number of likely N-dealkylation sites (tertiary alicyclic amines) is 1. The molecule has 1 aromatic heterocycles. The molecule has 3 aromatic rings. The van der Waals surface area contributed by atoms with Gasteiger partial charge in [0.2, 0.25) is 0 Å². The minimum Gasteiger partial charge on any atom is -0.492 e. The molecule has 3 aliphatic rings. The Kier molecular flexibility index (Phi) is 6.15. The van der Waals surface area contributed by atoms with Crippen LogP contribution in [0.15, 0.2) is 54.7 Å². The lowest BCUT2D eigenvalue weighted by Gasteiger charge is -2.23. The zero-order valence-corrected chi connectivity index (χ0v) is 21.9. The number of hydrogen-bond acceptors (Lipinski definition) is 7. The van der Waals surface area contributed by atoms with Crippen LogP contribution in [0.3, 0.4) is 0 Å². The van der Waals surface area contributed by atoms with E-state index in [2.05, 4.69) is 15.6 Å². The predicted octanol–water partition coefficient (Wildman–Crippen LogP) is 4.02. The average Bonchev–Trinajstić information content (AvgIpc) is 3.54. The molecule has 2 amide bonds. The van der Waals surface area contributed by atoms with Gasteiger partial charge in [0.25, 0.3) is 11.8 Å². The Bertz CT molecular complexity index is 1400. The van der Waals surface area contributed by atoms with E-state index in [9.17, 15) is 9.59 Å². The van der Waals surface area contributed by atoms with E-state index >= 15 is 0 Å². The van der Waals surface area contributed by atoms with Crippen molar-refractivity contribution in [2.45, 2.75) is 19.4 Å². The minimum atomic E-state index is -0.0787. The van der Waals surface area contributed by atoms with Crippen molar-refractivity contribution < 1.29 is 14.3 Å². The molecule has 196 valence electrons. The fourth-order valence-electron chi connectivity index (χ4n) is 5.77. The van der Waals surface area contributed by atoms with Crippen LogP contribution in [-0.4, -0.2) is 68.1 Å². The minimum absolute atomic E-state index is 0.0323. The molecule has 0 radical (unpaired) electrons. The van der Waals surface area contributed by atoms with Gasteiger partial charge in [0.15, 0.2) is 0 Å². The quantitative estimate of drug-likeness (QED) is 0.534. The smallest absolute Gasteiger partial charge is 0.260 e. The standard InChI is InChI=1S/C29H32N6O3/c1-4-38-26-13-18(28(36)35-16-19-11-12-30-22(19)17-35)9-10-21(26)32-27-14-24-25(15-31-27)34(3)29(37)20-7-5-6-8-23(20)33(24)2/h5-10,13-15,19,22,30H,4,11-12,16-17H2,1-3H3,(H,31,32)/t19-,22+/m1/s1. The van der Waals surface area contributed by atoms with Crippen LogP contribution in [0.4, 0.5) is 28.6 Å². The Balaban J connectivity index is 1.28. The Morgan fingerprint density at radius 3 is 2.74 bits per heavy atom. The average molecular weight is 513 g/mol. The van der Waals surface area contributed by atoms with Gasteiger partial charge in [-0.2, -0.15) is 0 Å². The zero-order chi connectivity index (χ0) is 26.4. The van der Waals surface area contributed by atoms with Gasteiger partial charge in [-0.1, -0.05) is 12.1 Å². The molecule has 0 bridgehead atoms. The van der Waals surface area contributed by atoms with Gasteiger partial charge in [-0.25, -0.2) is 4.98 Å². The Labute approximate surface area is 222 Å². The first-order valence-electron chi connectivity index (χ1n) is 13.1. The van der Waals surface area contributed by atoms with E-state index in [1.54, 1.807) is 18.1 Å². The second-order valence-corrected chi connectivity index (χ2v) is 10.1. The van der Waals surface area contributed by atoms with Gasteiger partial charge >= 0.3 is 0 Å². The fourth-order valence-corrected chi connectivity index (χ4v) is 5.77. The van der Waals surface area contributed by atoms with Gasteiger partial charge in [-0.05, 0) is 56.1 Å². The number of anilines is 5. The van der Waals surface area contributed by atoms with Crippen molar-refractivity contribution in [3.63, 3.8) is 0 Å². The van der Waals surface area contributed by atoms with Crippen LogP contribution < -0.4 is 25.2 Å². The molecule has 6 rings (SSSR count). The Morgan fingerprint density at radius 2 is 1.92 bits per heavy atom. The number of nitrogens with zero attached hydrogens (tertiary/aromatic N) is 4. The van der Waals surface area contributed by atoms with E-state index in [4.69, 9.17) is 4.74 Å². The lowest BCUT2D eigenvalue weighted by Crippen LogP contribution is -2.33. The number of aromatic nitrogens is 1. The highest BCUT2D eigenvalue weighted by molar-refractivity contribution is 6.13. The second kappa shape index (κ2) is 9.64. The lowest BCUT2D eigenvalue weighted by atomic mass is 10.1. The molecule has 4 heterocycles. The summed E-state index contributed by atoms with van der Waals surface area (Å²) in [6.45, 7) is 4.98. The maximum absolute atomic E-state index is 13.3. The van der Waals surface area contributed by atoms with E-state index < -0.39 is 0 Å². The largest absolute Gasteiger partial charge is 0.492 e. The molecule has 2 N–H and O–H groups in total. The van der Waals surface area contributed by atoms with E-state index in [1.165, 1.54) is 0 Å². The third-order valence-corrected chi connectivity index (χ3v) is 7.83. The van der Waals surface area contributed by atoms with E-state index in [0.717, 1.165) is 48.8 Å². The van der Waals surface area contributed by atoms with Crippen LogP contribution in [0.25, 0.3) is 0 Å². The summed E-state index contributed by atoms with van der Waals surface area (Å²) < 4.78 is 5.93. The maximum Gasteiger partial charge on any atom is 0.260 e. The lowest BCUT2D eigenvalue weighted by molar-refractivity contribution is 0.0782. The van der Waals surface area contributed by atoms with Crippen molar-refractivity contribution in [3.8, 4) is 5.75 Å². The SMILES string of the molecule is CCOc1cc(C(=O)N2C[C@H]3CCN[C@H]3C2)ccc1Nc1cc2c(cn1)N(C)C(=O)c1ccccc1N2C. The van der Waals surface area contributed by atoms with Crippen LogP contribution >= 0.6 is 0 Å². The van der Waals surface area contributed by atoms with Gasteiger partial charge in [0.1, 0.15) is 11.6 Å². The molecule has 2 saturated heterocycles. The molecule has 38 heavy (non-hydrogen) atoms. The first-order valence-corrected chi connectivity index (χ1v) is 13.1. The van der Waals surface area contributed by atoms with Gasteiger partial charge in [0.05, 0.1) is 41.1 Å². The van der Waals surface area contributed by atoms with E-state index in [0.29, 0.717) is 41.3 Å². The van der Waals surface area contributed by atoms with Crippen molar-refractivity contribution in [2.24, 2.45) is 5.92 Å². The molecule has 0 saturated carbocycles. The predicted molar refractivity (Wildman–Crippen MR) is 148 cm³/mol. The van der Waals surface area contributed by atoms with Crippen molar-refractivity contribution in [1.29, 1.82) is 0 Å². The number of nitrogens with one attached hydrogen (secondary N) is 2. The number of benzene rings is 2. The van der Waals surface area contributed by atoms with E-state index in [-0.39, 0.29) is 11.8 Å². The third-order valence-electron chi connectivity index (χ3n) is 7.83. The summed E-state index contributed by atoms with van der Waals surface area (Å²) >= 11 is 0. The van der Waals surface area contributed by atoms with Crippen LogP contribution in [0.5, 0.6) is 5.75 Å². The summed E-state index contributed by atoms with van der Waals surface area (Å²) in [5, 5.41) is 6.87. The summed E-state index contributed by atoms with van der Waals surface area (Å²) in [6.07, 6.45) is 2.83. The van der Waals surface area contributed by atoms with Crippen LogP contribution in [-0.2, 0) is 0 Å². The highest BCUT2D eigenvalue weighted by atomic mass is 16.5. The van der Waals surface area contributed by atoms with Gasteiger partial charge in [0, 0.05) is 44.9 Å². The van der Waals surface area contributed by atoms with Gasteiger partial charge in [-0.15, -0.1) is 0 Å². The molecule has 0 spiro atoms. The maximum atomic E-state index is 13.3. The molecule has 2 aromatic carbocycles. The number of carbonyl (C=O) groups excluding carboxylic acids is 2. The summed E-state index contributed by atoms with van der Waals surface area (Å²) in [4.78, 5) is 36.5. The highest BCUT2D eigenvalue weighted by Crippen LogP contribution is 2.40. The van der Waals surface area contributed by atoms with Crippen molar-refractivity contribution in [2.75, 3.05) is 55.5 Å². The summed E-state index contributed by atoms with van der Waals surface area (Å²) in [7, 11) is 3.71. The number of fused-ring (bicyclic) bond motifs is 3. The van der Waals surface area contributed by atoms with Crippen LogP contribution in [0, 0.1) is 5.92 Å². The van der Waals surface area contributed by atoms with Crippen LogP contribution in [0.2, 0.25) is 0 Å². The molecule has 2 atom stereocenters. The number of ether oxygens (including phenoxy) is 1. The summed E-state index contributed by atoms with van der Waals surface area (Å²) in [5.74, 6) is 1.70. The van der Waals surface area contributed by atoms with Crippen molar-refractivity contribution in [3.05, 3.63) is 65.9 Å². The third kappa shape index (κ3) is 4.12. The van der Waals surface area contributed by atoms with Crippen molar-refractivity contribution >= 4 is 40.4 Å². The molecule has 9 heteroatoms. The number of carbonyl (C=O) groups is 2. The van der Waals surface area contributed by atoms with Crippen LogP contribution in [0.1, 0.15) is 34.1 Å². The summed E-state index contributed by atoms with van der Waals surface area (Å²) in [5.41, 5.74) is 4.37. The normalized spacial score (nSPS) is 20.1.